The fourth-order valence-corrected chi connectivity index (χ4v) is 2.49. The summed E-state index contributed by atoms with van der Waals surface area (Å²) in [5, 5.41) is 7.26. The summed E-state index contributed by atoms with van der Waals surface area (Å²) in [6, 6.07) is 10.5. The first-order valence-corrected chi connectivity index (χ1v) is 7.18. The Morgan fingerprint density at radius 1 is 1.17 bits per heavy atom. The van der Waals surface area contributed by atoms with E-state index in [0.29, 0.717) is 27.7 Å². The van der Waals surface area contributed by atoms with Gasteiger partial charge in [0.25, 0.3) is 5.91 Å². The van der Waals surface area contributed by atoms with Gasteiger partial charge in [0, 0.05) is 18.0 Å². The van der Waals surface area contributed by atoms with E-state index >= 15 is 0 Å². The van der Waals surface area contributed by atoms with Gasteiger partial charge in [-0.2, -0.15) is 5.10 Å². The third-order valence-electron chi connectivity index (χ3n) is 3.34. The van der Waals surface area contributed by atoms with Crippen LogP contribution in [0.5, 0.6) is 11.5 Å². The maximum Gasteiger partial charge on any atom is 0.277 e. The molecule has 1 aromatic carbocycles. The number of rotatable bonds is 4. The van der Waals surface area contributed by atoms with E-state index in [9.17, 15) is 4.79 Å². The highest BCUT2D eigenvalue weighted by Crippen LogP contribution is 2.30. The number of fused-ring (bicyclic) bond motifs is 1. The van der Waals surface area contributed by atoms with Crippen molar-refractivity contribution in [3.05, 3.63) is 53.3 Å². The van der Waals surface area contributed by atoms with Crippen molar-refractivity contribution in [2.45, 2.75) is 0 Å². The lowest BCUT2D eigenvalue weighted by Gasteiger charge is -2.10. The summed E-state index contributed by atoms with van der Waals surface area (Å²) in [5.41, 5.74) is 1.39. The van der Waals surface area contributed by atoms with Crippen LogP contribution in [0.1, 0.15) is 10.5 Å². The molecule has 0 bridgehead atoms. The van der Waals surface area contributed by atoms with E-state index in [1.165, 1.54) is 7.11 Å². The van der Waals surface area contributed by atoms with E-state index in [0.717, 1.165) is 0 Å². The highest BCUT2D eigenvalue weighted by Gasteiger charge is 2.18. The van der Waals surface area contributed by atoms with Crippen molar-refractivity contribution in [1.82, 2.24) is 9.61 Å². The van der Waals surface area contributed by atoms with Gasteiger partial charge in [-0.15, -0.1) is 0 Å². The molecule has 1 amide bonds. The molecule has 0 unspecified atom stereocenters. The van der Waals surface area contributed by atoms with Gasteiger partial charge in [0.15, 0.2) is 17.2 Å². The number of aromatic nitrogens is 2. The van der Waals surface area contributed by atoms with Crippen LogP contribution in [0, 0.1) is 0 Å². The Morgan fingerprint density at radius 2 is 1.96 bits per heavy atom. The summed E-state index contributed by atoms with van der Waals surface area (Å²) in [5.74, 6) is 0.702. The molecular weight excluding hydrogens is 318 g/mol. The van der Waals surface area contributed by atoms with Gasteiger partial charge in [-0.25, -0.2) is 4.52 Å². The molecule has 2 heterocycles. The normalized spacial score (nSPS) is 10.6. The minimum atomic E-state index is -0.397. The number of benzene rings is 1. The van der Waals surface area contributed by atoms with E-state index in [4.69, 9.17) is 21.1 Å². The third-order valence-corrected chi connectivity index (χ3v) is 3.71. The largest absolute Gasteiger partial charge is 0.493 e. The summed E-state index contributed by atoms with van der Waals surface area (Å²) in [7, 11) is 3.08. The first-order valence-electron chi connectivity index (χ1n) is 6.80. The Morgan fingerprint density at radius 3 is 2.65 bits per heavy atom. The van der Waals surface area contributed by atoms with E-state index in [1.807, 2.05) is 12.1 Å². The number of carbonyl (C=O) groups excluding carboxylic acids is 1. The zero-order valence-electron chi connectivity index (χ0n) is 12.5. The van der Waals surface area contributed by atoms with Crippen molar-refractivity contribution < 1.29 is 14.3 Å². The van der Waals surface area contributed by atoms with Gasteiger partial charge in [0.2, 0.25) is 0 Å². The Kier molecular flexibility index (Phi) is 4.08. The zero-order valence-corrected chi connectivity index (χ0v) is 13.3. The van der Waals surface area contributed by atoms with E-state index < -0.39 is 5.91 Å². The average molecular weight is 332 g/mol. The second-order valence-corrected chi connectivity index (χ2v) is 5.09. The van der Waals surface area contributed by atoms with Crippen LogP contribution in [0.2, 0.25) is 5.02 Å². The molecule has 0 aliphatic rings. The van der Waals surface area contributed by atoms with Crippen molar-refractivity contribution in [2.75, 3.05) is 19.5 Å². The minimum Gasteiger partial charge on any atom is -0.493 e. The molecule has 3 aromatic rings. The predicted octanol–water partition coefficient (Wildman–Crippen LogP) is 3.26. The van der Waals surface area contributed by atoms with Crippen LogP contribution in [0.25, 0.3) is 5.52 Å². The van der Waals surface area contributed by atoms with Crippen LogP contribution in [0.15, 0.2) is 42.6 Å². The predicted molar refractivity (Wildman–Crippen MR) is 87.7 cm³/mol. The molecule has 0 radical (unpaired) electrons. The van der Waals surface area contributed by atoms with Crippen LogP contribution in [-0.2, 0) is 0 Å². The Balaban J connectivity index is 1.90. The van der Waals surface area contributed by atoms with Crippen LogP contribution in [-0.4, -0.2) is 29.7 Å². The third kappa shape index (κ3) is 2.80. The Bertz CT molecular complexity index is 876. The first-order chi connectivity index (χ1) is 11.1. The van der Waals surface area contributed by atoms with Crippen molar-refractivity contribution in [3.8, 4) is 11.5 Å². The second-order valence-electron chi connectivity index (χ2n) is 4.72. The monoisotopic (exact) mass is 331 g/mol. The molecule has 0 aliphatic heterocycles. The van der Waals surface area contributed by atoms with Crippen molar-refractivity contribution in [1.29, 1.82) is 0 Å². The average Bonchev–Trinajstić information content (AvgIpc) is 2.92. The molecule has 0 fully saturated rings. The lowest BCUT2D eigenvalue weighted by Crippen LogP contribution is -2.13. The standard InChI is InChI=1S/C16H14ClN3O3/c1-22-12-7-6-10(9-13(12)23-2)18-16(21)15-14(17)11-5-3-4-8-20(11)19-15/h3-9H,1-2H3,(H,18,21). The van der Waals surface area contributed by atoms with E-state index in [2.05, 4.69) is 10.4 Å². The second kappa shape index (κ2) is 6.18. The number of anilines is 1. The van der Waals surface area contributed by atoms with Crippen LogP contribution in [0.3, 0.4) is 0 Å². The highest BCUT2D eigenvalue weighted by atomic mass is 35.5. The molecule has 23 heavy (non-hydrogen) atoms. The Labute approximate surface area is 137 Å². The van der Waals surface area contributed by atoms with Gasteiger partial charge in [-0.3, -0.25) is 4.79 Å². The molecule has 0 atom stereocenters. The fourth-order valence-electron chi connectivity index (χ4n) is 2.22. The molecule has 7 heteroatoms. The topological polar surface area (TPSA) is 64.9 Å². The molecule has 0 saturated carbocycles. The summed E-state index contributed by atoms with van der Waals surface area (Å²) >= 11 is 6.24. The number of hydrogen-bond donors (Lipinski definition) is 1. The van der Waals surface area contributed by atoms with Crippen LogP contribution in [0.4, 0.5) is 5.69 Å². The lowest BCUT2D eigenvalue weighted by molar-refractivity contribution is 0.102. The Hall–Kier alpha value is -2.73. The van der Waals surface area contributed by atoms with Crippen LogP contribution >= 0.6 is 11.6 Å². The number of carbonyl (C=O) groups is 1. The van der Waals surface area contributed by atoms with Gasteiger partial charge in [-0.1, -0.05) is 17.7 Å². The number of methoxy groups -OCH3 is 2. The smallest absolute Gasteiger partial charge is 0.277 e. The quantitative estimate of drug-likeness (QED) is 0.797. The van der Waals surface area contributed by atoms with Gasteiger partial charge in [0.1, 0.15) is 0 Å². The number of pyridine rings is 1. The van der Waals surface area contributed by atoms with Gasteiger partial charge in [0.05, 0.1) is 24.8 Å². The molecule has 2 aromatic heterocycles. The number of amides is 1. The minimum absolute atomic E-state index is 0.160. The molecule has 6 nitrogen and oxygen atoms in total. The molecule has 0 saturated heterocycles. The summed E-state index contributed by atoms with van der Waals surface area (Å²) in [4.78, 5) is 12.4. The number of hydrogen-bond acceptors (Lipinski definition) is 4. The molecule has 118 valence electrons. The maximum atomic E-state index is 12.4. The molecule has 1 N–H and O–H groups in total. The molecule has 0 aliphatic carbocycles. The highest BCUT2D eigenvalue weighted by molar-refractivity contribution is 6.37. The van der Waals surface area contributed by atoms with Gasteiger partial charge in [-0.05, 0) is 24.3 Å². The number of halogens is 1. The fraction of sp³-hybridized carbons (Fsp3) is 0.125. The zero-order chi connectivity index (χ0) is 16.4. The summed E-state index contributed by atoms with van der Waals surface area (Å²) in [6.07, 6.45) is 1.73. The maximum absolute atomic E-state index is 12.4. The molecule has 3 rings (SSSR count). The van der Waals surface area contributed by atoms with E-state index in [-0.39, 0.29) is 5.69 Å². The number of ether oxygens (including phenoxy) is 2. The van der Waals surface area contributed by atoms with Crippen molar-refractivity contribution in [2.24, 2.45) is 0 Å². The number of nitrogens with one attached hydrogen (secondary N) is 1. The van der Waals surface area contributed by atoms with Gasteiger partial charge < -0.3 is 14.8 Å². The summed E-state index contributed by atoms with van der Waals surface area (Å²) < 4.78 is 11.9. The van der Waals surface area contributed by atoms with Crippen molar-refractivity contribution >= 4 is 28.7 Å². The van der Waals surface area contributed by atoms with Crippen LogP contribution < -0.4 is 14.8 Å². The lowest BCUT2D eigenvalue weighted by atomic mass is 10.2. The van der Waals surface area contributed by atoms with Crippen molar-refractivity contribution in [3.63, 3.8) is 0 Å². The molecular formula is C16H14ClN3O3. The molecule has 0 spiro atoms. The van der Waals surface area contributed by atoms with E-state index in [1.54, 1.807) is 42.1 Å². The number of nitrogens with zero attached hydrogens (tertiary/aromatic N) is 2. The SMILES string of the molecule is COc1ccc(NC(=O)c2nn3ccccc3c2Cl)cc1OC. The summed E-state index contributed by atoms with van der Waals surface area (Å²) in [6.45, 7) is 0. The van der Waals surface area contributed by atoms with Gasteiger partial charge >= 0.3 is 0 Å². The first kappa shape index (κ1) is 15.2.